The molecule has 3 aromatic rings. The van der Waals surface area contributed by atoms with E-state index in [-0.39, 0.29) is 5.57 Å². The summed E-state index contributed by atoms with van der Waals surface area (Å²) in [5.74, 6) is -2.76. The van der Waals surface area contributed by atoms with Crippen LogP contribution >= 0.6 is 22.9 Å². The van der Waals surface area contributed by atoms with Crippen molar-refractivity contribution in [3.05, 3.63) is 59.3 Å². The summed E-state index contributed by atoms with van der Waals surface area (Å²) in [6.07, 6.45) is 1.25. The summed E-state index contributed by atoms with van der Waals surface area (Å²) in [5.41, 5.74) is 2.11. The van der Waals surface area contributed by atoms with Gasteiger partial charge in [0.25, 0.3) is 5.79 Å². The lowest BCUT2D eigenvalue weighted by atomic mass is 10.2. The highest BCUT2D eigenvalue weighted by Gasteiger charge is 2.38. The van der Waals surface area contributed by atoms with Gasteiger partial charge in [0, 0.05) is 31.3 Å². The molecule has 0 bridgehead atoms. The number of thiazole rings is 1. The molecule has 0 aliphatic carbocycles. The van der Waals surface area contributed by atoms with Gasteiger partial charge in [-0.3, -0.25) is 0 Å². The predicted molar refractivity (Wildman–Crippen MR) is 108 cm³/mol. The Morgan fingerprint density at radius 2 is 1.82 bits per heavy atom. The van der Waals surface area contributed by atoms with E-state index in [0.717, 1.165) is 20.8 Å². The van der Waals surface area contributed by atoms with Crippen LogP contribution in [0.25, 0.3) is 20.8 Å². The van der Waals surface area contributed by atoms with E-state index < -0.39 is 17.7 Å². The average Bonchev–Trinajstić information content (AvgIpc) is 3.03. The predicted octanol–water partition coefficient (Wildman–Crippen LogP) is 4.75. The lowest BCUT2D eigenvalue weighted by Gasteiger charge is -2.29. The van der Waals surface area contributed by atoms with Gasteiger partial charge in [-0.1, -0.05) is 23.7 Å². The summed E-state index contributed by atoms with van der Waals surface area (Å²) in [4.78, 5) is 28.5. The van der Waals surface area contributed by atoms with Gasteiger partial charge >= 0.3 is 11.9 Å². The number of esters is 2. The number of carbonyl (C=O) groups is 2. The number of fused-ring (bicyclic) bond motifs is 1. The zero-order chi connectivity index (χ0) is 19.9. The Bertz CT molecular complexity index is 1080. The van der Waals surface area contributed by atoms with E-state index in [1.54, 1.807) is 23.5 Å². The lowest BCUT2D eigenvalue weighted by Crippen LogP contribution is -2.42. The van der Waals surface area contributed by atoms with Gasteiger partial charge in [-0.05, 0) is 30.3 Å². The standard InChI is InChI=1S/C20H15ClN2O4S/c1-20(2)26-18(24)13(19(25)27-20)10-22-11-7-8-12(14(21)9-11)17-23-15-5-3-4-6-16(15)28-17/h3-10,22H,1-2H3. The fourth-order valence-electron chi connectivity index (χ4n) is 2.70. The number of carbonyl (C=O) groups excluding carboxylic acids is 2. The zero-order valence-corrected chi connectivity index (χ0v) is 16.6. The summed E-state index contributed by atoms with van der Waals surface area (Å²) in [7, 11) is 0. The van der Waals surface area contributed by atoms with Gasteiger partial charge in [0.2, 0.25) is 0 Å². The Hall–Kier alpha value is -2.90. The van der Waals surface area contributed by atoms with Crippen LogP contribution in [0.5, 0.6) is 0 Å². The van der Waals surface area contributed by atoms with E-state index >= 15 is 0 Å². The Balaban J connectivity index is 1.57. The first kappa shape index (κ1) is 18.5. The molecule has 6 nitrogen and oxygen atoms in total. The second-order valence-corrected chi connectivity index (χ2v) is 8.00. The van der Waals surface area contributed by atoms with Crippen molar-refractivity contribution in [2.45, 2.75) is 19.6 Å². The number of cyclic esters (lactones) is 2. The van der Waals surface area contributed by atoms with Gasteiger partial charge in [-0.25, -0.2) is 14.6 Å². The third-order valence-electron chi connectivity index (χ3n) is 3.99. The molecule has 142 valence electrons. The minimum Gasteiger partial charge on any atom is -0.419 e. The van der Waals surface area contributed by atoms with Crippen molar-refractivity contribution in [2.24, 2.45) is 0 Å². The number of aromatic nitrogens is 1. The first-order valence-electron chi connectivity index (χ1n) is 8.41. The number of hydrogen-bond acceptors (Lipinski definition) is 7. The summed E-state index contributed by atoms with van der Waals surface area (Å²) in [6.45, 7) is 2.99. The van der Waals surface area contributed by atoms with Crippen LogP contribution in [0, 0.1) is 0 Å². The molecule has 0 spiro atoms. The molecule has 4 rings (SSSR count). The number of halogens is 1. The van der Waals surface area contributed by atoms with Crippen molar-refractivity contribution < 1.29 is 19.1 Å². The lowest BCUT2D eigenvalue weighted by molar-refractivity contribution is -0.222. The molecule has 1 aliphatic heterocycles. The van der Waals surface area contributed by atoms with Crippen molar-refractivity contribution in [3.63, 3.8) is 0 Å². The van der Waals surface area contributed by atoms with E-state index in [9.17, 15) is 9.59 Å². The molecule has 1 aliphatic rings. The minimum absolute atomic E-state index is 0.217. The molecule has 28 heavy (non-hydrogen) atoms. The topological polar surface area (TPSA) is 77.5 Å². The fraction of sp³-hybridized carbons (Fsp3) is 0.150. The minimum atomic E-state index is -1.27. The smallest absolute Gasteiger partial charge is 0.350 e. The van der Waals surface area contributed by atoms with Crippen LogP contribution in [0.15, 0.2) is 54.2 Å². The average molecular weight is 415 g/mol. The summed E-state index contributed by atoms with van der Waals surface area (Å²) in [5, 5.41) is 4.20. The van der Waals surface area contributed by atoms with Gasteiger partial charge in [0.1, 0.15) is 5.01 Å². The molecular weight excluding hydrogens is 400 g/mol. The number of rotatable bonds is 3. The molecule has 1 fully saturated rings. The number of hydrogen-bond donors (Lipinski definition) is 1. The molecule has 0 radical (unpaired) electrons. The molecule has 2 aromatic carbocycles. The second kappa shape index (κ2) is 6.92. The van der Waals surface area contributed by atoms with Crippen molar-refractivity contribution in [1.82, 2.24) is 4.98 Å². The molecule has 1 saturated heterocycles. The van der Waals surface area contributed by atoms with E-state index in [2.05, 4.69) is 10.3 Å². The van der Waals surface area contributed by atoms with Crippen molar-refractivity contribution in [1.29, 1.82) is 0 Å². The third kappa shape index (κ3) is 3.58. The van der Waals surface area contributed by atoms with Crippen LogP contribution in [-0.2, 0) is 19.1 Å². The van der Waals surface area contributed by atoms with Gasteiger partial charge in [-0.15, -0.1) is 11.3 Å². The molecule has 1 N–H and O–H groups in total. The maximum atomic E-state index is 12.0. The Kier molecular flexibility index (Phi) is 4.56. The maximum Gasteiger partial charge on any atom is 0.350 e. The number of anilines is 1. The van der Waals surface area contributed by atoms with Gasteiger partial charge in [-0.2, -0.15) is 0 Å². The Morgan fingerprint density at radius 1 is 1.11 bits per heavy atom. The van der Waals surface area contributed by atoms with Crippen molar-refractivity contribution in [2.75, 3.05) is 5.32 Å². The van der Waals surface area contributed by atoms with Crippen LogP contribution in [0.4, 0.5) is 5.69 Å². The first-order chi connectivity index (χ1) is 13.3. The van der Waals surface area contributed by atoms with E-state index in [4.69, 9.17) is 21.1 Å². The number of nitrogens with one attached hydrogen (secondary N) is 1. The van der Waals surface area contributed by atoms with Crippen LogP contribution in [0.1, 0.15) is 13.8 Å². The summed E-state index contributed by atoms with van der Waals surface area (Å²) < 4.78 is 11.2. The van der Waals surface area contributed by atoms with Gasteiger partial charge < -0.3 is 14.8 Å². The van der Waals surface area contributed by atoms with Crippen LogP contribution in [0.2, 0.25) is 5.02 Å². The highest BCUT2D eigenvalue weighted by atomic mass is 35.5. The summed E-state index contributed by atoms with van der Waals surface area (Å²) in [6, 6.07) is 13.2. The van der Waals surface area contributed by atoms with E-state index in [1.807, 2.05) is 30.3 Å². The molecule has 1 aromatic heterocycles. The quantitative estimate of drug-likeness (QED) is 0.378. The van der Waals surface area contributed by atoms with E-state index in [0.29, 0.717) is 10.7 Å². The molecule has 2 heterocycles. The van der Waals surface area contributed by atoms with Gasteiger partial charge in [0.05, 0.1) is 15.2 Å². The van der Waals surface area contributed by atoms with Crippen LogP contribution in [0.3, 0.4) is 0 Å². The highest BCUT2D eigenvalue weighted by Crippen LogP contribution is 2.35. The number of benzene rings is 2. The number of nitrogens with zero attached hydrogens (tertiary/aromatic N) is 1. The number of para-hydroxylation sites is 1. The van der Waals surface area contributed by atoms with Crippen molar-refractivity contribution >= 4 is 50.8 Å². The molecule has 0 amide bonds. The molecule has 0 unspecified atom stereocenters. The van der Waals surface area contributed by atoms with Crippen LogP contribution in [-0.4, -0.2) is 22.7 Å². The SMILES string of the molecule is CC1(C)OC(=O)C(=CNc2ccc(-c3nc4ccccc4s3)c(Cl)c2)C(=O)O1. The highest BCUT2D eigenvalue weighted by molar-refractivity contribution is 7.21. The largest absolute Gasteiger partial charge is 0.419 e. The van der Waals surface area contributed by atoms with Crippen molar-refractivity contribution in [3.8, 4) is 10.6 Å². The summed E-state index contributed by atoms with van der Waals surface area (Å²) >= 11 is 7.99. The third-order valence-corrected chi connectivity index (χ3v) is 5.38. The molecule has 0 saturated carbocycles. The second-order valence-electron chi connectivity index (χ2n) is 6.56. The fourth-order valence-corrected chi connectivity index (χ4v) is 4.03. The zero-order valence-electron chi connectivity index (χ0n) is 15.0. The Labute approximate surface area is 169 Å². The van der Waals surface area contributed by atoms with E-state index in [1.165, 1.54) is 20.0 Å². The monoisotopic (exact) mass is 414 g/mol. The number of ether oxygens (including phenoxy) is 2. The normalized spacial score (nSPS) is 15.9. The molecule has 8 heteroatoms. The first-order valence-corrected chi connectivity index (χ1v) is 9.61. The molecular formula is C20H15ClN2O4S. The van der Waals surface area contributed by atoms with Crippen LogP contribution < -0.4 is 5.32 Å². The molecule has 0 atom stereocenters. The Morgan fingerprint density at radius 3 is 2.50 bits per heavy atom. The maximum absolute atomic E-state index is 12.0. The van der Waals surface area contributed by atoms with Gasteiger partial charge in [0.15, 0.2) is 5.57 Å².